The van der Waals surface area contributed by atoms with Crippen LogP contribution in [0.3, 0.4) is 0 Å². The third-order valence-electron chi connectivity index (χ3n) is 2.92. The molecule has 3 rings (SSSR count). The van der Waals surface area contributed by atoms with Crippen LogP contribution < -0.4 is 0 Å². The Bertz CT molecular complexity index is 686. The van der Waals surface area contributed by atoms with Gasteiger partial charge in [-0.1, -0.05) is 30.3 Å². The predicted octanol–water partition coefficient (Wildman–Crippen LogP) is 3.68. The second kappa shape index (κ2) is 3.70. The van der Waals surface area contributed by atoms with Gasteiger partial charge in [-0.05, 0) is 24.6 Å². The van der Waals surface area contributed by atoms with E-state index in [2.05, 4.69) is 10.2 Å². The van der Waals surface area contributed by atoms with Gasteiger partial charge in [0.25, 0.3) is 0 Å². The second-order valence-corrected chi connectivity index (χ2v) is 4.08. The molecule has 0 bridgehead atoms. The van der Waals surface area contributed by atoms with Crippen molar-refractivity contribution in [3.05, 3.63) is 53.8 Å². The molecule has 0 aliphatic heterocycles. The number of hydrogen-bond acceptors (Lipinski definition) is 1. The van der Waals surface area contributed by atoms with E-state index in [1.165, 1.54) is 6.07 Å². The molecular weight excluding hydrogens is 215 g/mol. The van der Waals surface area contributed by atoms with E-state index in [-0.39, 0.29) is 5.82 Å². The Balaban J connectivity index is 2.24. The van der Waals surface area contributed by atoms with Gasteiger partial charge in [-0.2, -0.15) is 5.10 Å². The quantitative estimate of drug-likeness (QED) is 0.673. The third-order valence-corrected chi connectivity index (χ3v) is 2.92. The van der Waals surface area contributed by atoms with Crippen molar-refractivity contribution in [2.24, 2.45) is 0 Å². The van der Waals surface area contributed by atoms with Crippen molar-refractivity contribution in [2.75, 3.05) is 0 Å². The van der Waals surface area contributed by atoms with Crippen molar-refractivity contribution in [1.29, 1.82) is 0 Å². The number of para-hydroxylation sites is 1. The van der Waals surface area contributed by atoms with E-state index >= 15 is 0 Å². The molecule has 1 N–H and O–H groups in total. The van der Waals surface area contributed by atoms with Crippen LogP contribution in [0.4, 0.5) is 4.39 Å². The van der Waals surface area contributed by atoms with Crippen LogP contribution in [0.2, 0.25) is 0 Å². The highest BCUT2D eigenvalue weighted by Crippen LogP contribution is 2.26. The predicted molar refractivity (Wildman–Crippen MR) is 66.2 cm³/mol. The molecule has 2 nitrogen and oxygen atoms in total. The van der Waals surface area contributed by atoms with Gasteiger partial charge in [0, 0.05) is 10.9 Å². The average Bonchev–Trinajstić information content (AvgIpc) is 2.76. The van der Waals surface area contributed by atoms with E-state index in [9.17, 15) is 4.39 Å². The maximum absolute atomic E-state index is 13.5. The van der Waals surface area contributed by atoms with Crippen molar-refractivity contribution in [1.82, 2.24) is 10.2 Å². The van der Waals surface area contributed by atoms with Gasteiger partial charge in [-0.15, -0.1) is 0 Å². The number of rotatable bonds is 1. The van der Waals surface area contributed by atoms with Gasteiger partial charge in [0.15, 0.2) is 0 Å². The highest BCUT2D eigenvalue weighted by Gasteiger charge is 2.08. The molecule has 0 aliphatic rings. The van der Waals surface area contributed by atoms with Crippen molar-refractivity contribution in [2.45, 2.75) is 6.92 Å². The Hall–Kier alpha value is -2.16. The lowest BCUT2D eigenvalue weighted by molar-refractivity contribution is 0.619. The van der Waals surface area contributed by atoms with Crippen molar-refractivity contribution >= 4 is 10.9 Å². The topological polar surface area (TPSA) is 28.7 Å². The molecule has 1 heterocycles. The first-order chi connectivity index (χ1) is 8.25. The van der Waals surface area contributed by atoms with Crippen LogP contribution in [-0.4, -0.2) is 10.2 Å². The standard InChI is InChI=1S/C14H11FN2/c1-9-6-7-10(8-12(9)15)14-11-4-2-3-5-13(11)16-17-14/h2-8H,1H3,(H,16,17). The zero-order valence-electron chi connectivity index (χ0n) is 9.37. The SMILES string of the molecule is Cc1ccc(-c2n[nH]c3ccccc23)cc1F. The molecule has 2 aromatic carbocycles. The summed E-state index contributed by atoms with van der Waals surface area (Å²) in [6, 6.07) is 13.0. The van der Waals surface area contributed by atoms with E-state index in [4.69, 9.17) is 0 Å². The number of benzene rings is 2. The molecule has 0 aliphatic carbocycles. The van der Waals surface area contributed by atoms with Gasteiger partial charge in [-0.25, -0.2) is 4.39 Å². The fourth-order valence-corrected chi connectivity index (χ4v) is 1.92. The zero-order chi connectivity index (χ0) is 11.8. The maximum Gasteiger partial charge on any atom is 0.126 e. The van der Waals surface area contributed by atoms with Crippen LogP contribution in [0.25, 0.3) is 22.2 Å². The summed E-state index contributed by atoms with van der Waals surface area (Å²) in [5.41, 5.74) is 3.20. The van der Waals surface area contributed by atoms with Gasteiger partial charge in [0.1, 0.15) is 5.82 Å². The van der Waals surface area contributed by atoms with Crippen LogP contribution in [0.5, 0.6) is 0 Å². The Morgan fingerprint density at radius 3 is 2.76 bits per heavy atom. The van der Waals surface area contributed by atoms with Crippen LogP contribution in [0.1, 0.15) is 5.56 Å². The van der Waals surface area contributed by atoms with E-state index in [0.717, 1.165) is 22.2 Å². The molecule has 3 heteroatoms. The lowest BCUT2D eigenvalue weighted by atomic mass is 10.1. The zero-order valence-corrected chi connectivity index (χ0v) is 9.37. The summed E-state index contributed by atoms with van der Waals surface area (Å²) in [5.74, 6) is -0.199. The van der Waals surface area contributed by atoms with Gasteiger partial charge in [0.05, 0.1) is 11.2 Å². The maximum atomic E-state index is 13.5. The van der Waals surface area contributed by atoms with E-state index in [1.807, 2.05) is 30.3 Å². The number of hydrogen-bond donors (Lipinski definition) is 1. The van der Waals surface area contributed by atoms with E-state index in [0.29, 0.717) is 5.56 Å². The van der Waals surface area contributed by atoms with E-state index < -0.39 is 0 Å². The molecule has 3 aromatic rings. The van der Waals surface area contributed by atoms with Gasteiger partial charge in [0.2, 0.25) is 0 Å². The number of fused-ring (bicyclic) bond motifs is 1. The normalized spacial score (nSPS) is 10.9. The van der Waals surface area contributed by atoms with Gasteiger partial charge < -0.3 is 0 Å². The highest BCUT2D eigenvalue weighted by atomic mass is 19.1. The molecule has 0 saturated carbocycles. The number of halogens is 1. The first kappa shape index (κ1) is 10.0. The average molecular weight is 226 g/mol. The van der Waals surface area contributed by atoms with Crippen molar-refractivity contribution in [3.8, 4) is 11.3 Å². The smallest absolute Gasteiger partial charge is 0.126 e. The summed E-state index contributed by atoms with van der Waals surface area (Å²) in [7, 11) is 0. The van der Waals surface area contributed by atoms with Crippen LogP contribution in [0, 0.1) is 12.7 Å². The van der Waals surface area contributed by atoms with Crippen molar-refractivity contribution < 1.29 is 4.39 Å². The fraction of sp³-hybridized carbons (Fsp3) is 0.0714. The largest absolute Gasteiger partial charge is 0.277 e. The fourth-order valence-electron chi connectivity index (χ4n) is 1.92. The molecule has 0 saturated heterocycles. The number of nitrogens with one attached hydrogen (secondary N) is 1. The number of aromatic nitrogens is 2. The van der Waals surface area contributed by atoms with Gasteiger partial charge >= 0.3 is 0 Å². The molecule has 0 unspecified atom stereocenters. The number of aromatic amines is 1. The second-order valence-electron chi connectivity index (χ2n) is 4.08. The monoisotopic (exact) mass is 226 g/mol. The molecule has 0 amide bonds. The Kier molecular flexibility index (Phi) is 2.18. The highest BCUT2D eigenvalue weighted by molar-refractivity contribution is 5.92. The summed E-state index contributed by atoms with van der Waals surface area (Å²) in [6.45, 7) is 1.75. The summed E-state index contributed by atoms with van der Waals surface area (Å²) in [4.78, 5) is 0. The lowest BCUT2D eigenvalue weighted by Gasteiger charge is -2.00. The summed E-state index contributed by atoms with van der Waals surface area (Å²) in [5, 5.41) is 8.20. The number of H-pyrrole nitrogens is 1. The van der Waals surface area contributed by atoms with Crippen LogP contribution >= 0.6 is 0 Å². The van der Waals surface area contributed by atoms with Crippen molar-refractivity contribution in [3.63, 3.8) is 0 Å². The van der Waals surface area contributed by atoms with E-state index in [1.54, 1.807) is 13.0 Å². The first-order valence-electron chi connectivity index (χ1n) is 5.45. The first-order valence-corrected chi connectivity index (χ1v) is 5.45. The molecule has 17 heavy (non-hydrogen) atoms. The summed E-state index contributed by atoms with van der Waals surface area (Å²) in [6.07, 6.45) is 0. The Morgan fingerprint density at radius 2 is 1.94 bits per heavy atom. The minimum atomic E-state index is -0.199. The molecule has 0 atom stereocenters. The van der Waals surface area contributed by atoms with Gasteiger partial charge in [-0.3, -0.25) is 5.10 Å². The van der Waals surface area contributed by atoms with Crippen LogP contribution in [0.15, 0.2) is 42.5 Å². The number of nitrogens with zero attached hydrogens (tertiary/aromatic N) is 1. The Morgan fingerprint density at radius 1 is 1.12 bits per heavy atom. The summed E-state index contributed by atoms with van der Waals surface area (Å²) < 4.78 is 13.5. The molecule has 84 valence electrons. The third kappa shape index (κ3) is 1.60. The molecule has 0 radical (unpaired) electrons. The molecule has 0 spiro atoms. The lowest BCUT2D eigenvalue weighted by Crippen LogP contribution is -1.85. The molecule has 1 aromatic heterocycles. The molecular formula is C14H11FN2. The minimum absolute atomic E-state index is 0.199. The van der Waals surface area contributed by atoms with Crippen LogP contribution in [-0.2, 0) is 0 Å². The Labute approximate surface area is 98.1 Å². The minimum Gasteiger partial charge on any atom is -0.277 e. The number of aryl methyl sites for hydroxylation is 1. The summed E-state index contributed by atoms with van der Waals surface area (Å²) >= 11 is 0. The molecule has 0 fully saturated rings.